The van der Waals surface area contributed by atoms with E-state index in [4.69, 9.17) is 0 Å². The molecule has 0 saturated carbocycles. The highest BCUT2D eigenvalue weighted by Gasteiger charge is 2.11. The van der Waals surface area contributed by atoms with Crippen LogP contribution in [0.4, 0.5) is 5.69 Å². The van der Waals surface area contributed by atoms with E-state index in [9.17, 15) is 14.9 Å². The molecule has 1 aromatic heterocycles. The van der Waals surface area contributed by atoms with Gasteiger partial charge in [-0.15, -0.1) is 0 Å². The summed E-state index contributed by atoms with van der Waals surface area (Å²) >= 11 is 1.34. The van der Waals surface area contributed by atoms with E-state index in [1.165, 1.54) is 23.8 Å². The molecular weight excluding hydrogens is 328 g/mol. The van der Waals surface area contributed by atoms with E-state index >= 15 is 0 Å². The van der Waals surface area contributed by atoms with Crippen LogP contribution >= 0.6 is 11.5 Å². The van der Waals surface area contributed by atoms with Gasteiger partial charge in [-0.3, -0.25) is 14.9 Å². The summed E-state index contributed by atoms with van der Waals surface area (Å²) in [6.45, 7) is 0. The van der Waals surface area contributed by atoms with Gasteiger partial charge in [0.15, 0.2) is 0 Å². The Kier molecular flexibility index (Phi) is 4.57. The first-order valence-corrected chi connectivity index (χ1v) is 7.81. The topological polar surface area (TPSA) is 97.5 Å². The fourth-order valence-corrected chi connectivity index (χ4v) is 2.99. The third-order valence-corrected chi connectivity index (χ3v) is 4.17. The SMILES string of the molecule is O=C(Cc1nsc2ccccc12)N/N=C/c1ccccc1[N+](=O)[O-]. The van der Waals surface area contributed by atoms with Crippen molar-refractivity contribution in [1.29, 1.82) is 0 Å². The van der Waals surface area contributed by atoms with Gasteiger partial charge in [-0.1, -0.05) is 30.3 Å². The molecule has 8 heteroatoms. The number of para-hydroxylation sites is 1. The Morgan fingerprint density at radius 2 is 2.00 bits per heavy atom. The summed E-state index contributed by atoms with van der Waals surface area (Å²) in [6, 6.07) is 13.8. The third-order valence-electron chi connectivity index (χ3n) is 3.31. The van der Waals surface area contributed by atoms with Crippen molar-refractivity contribution < 1.29 is 9.72 Å². The van der Waals surface area contributed by atoms with Gasteiger partial charge in [-0.05, 0) is 23.7 Å². The molecule has 0 saturated heterocycles. The summed E-state index contributed by atoms with van der Waals surface area (Å²) in [7, 11) is 0. The van der Waals surface area contributed by atoms with Gasteiger partial charge in [0, 0.05) is 11.5 Å². The predicted molar refractivity (Wildman–Crippen MR) is 92.2 cm³/mol. The minimum atomic E-state index is -0.495. The van der Waals surface area contributed by atoms with Crippen molar-refractivity contribution in [3.8, 4) is 0 Å². The standard InChI is InChI=1S/C16H12N4O3S/c21-16(9-13-12-6-2-4-8-15(12)24-19-13)18-17-10-11-5-1-3-7-14(11)20(22)23/h1-8,10H,9H2,(H,18,21)/b17-10+. The molecule has 1 heterocycles. The van der Waals surface area contributed by atoms with Crippen LogP contribution in [-0.4, -0.2) is 21.4 Å². The van der Waals surface area contributed by atoms with Gasteiger partial charge in [-0.2, -0.15) is 9.47 Å². The van der Waals surface area contributed by atoms with Crippen LogP contribution in [0.1, 0.15) is 11.3 Å². The van der Waals surface area contributed by atoms with Gasteiger partial charge >= 0.3 is 0 Å². The van der Waals surface area contributed by atoms with Crippen molar-refractivity contribution in [2.45, 2.75) is 6.42 Å². The number of nitro groups is 1. The number of hydrogen-bond acceptors (Lipinski definition) is 6. The minimum Gasteiger partial charge on any atom is -0.273 e. The number of rotatable bonds is 5. The van der Waals surface area contributed by atoms with Crippen molar-refractivity contribution in [1.82, 2.24) is 9.80 Å². The third kappa shape index (κ3) is 3.44. The number of nitro benzene ring substituents is 1. The first-order chi connectivity index (χ1) is 11.6. The average molecular weight is 340 g/mol. The first-order valence-electron chi connectivity index (χ1n) is 7.04. The lowest BCUT2D eigenvalue weighted by atomic mass is 10.2. The zero-order chi connectivity index (χ0) is 16.9. The molecule has 0 aliphatic heterocycles. The fraction of sp³-hybridized carbons (Fsp3) is 0.0625. The summed E-state index contributed by atoms with van der Waals surface area (Å²) in [5.41, 5.74) is 3.31. The normalized spacial score (nSPS) is 11.0. The first kappa shape index (κ1) is 15.8. The molecule has 1 N–H and O–H groups in total. The molecule has 0 aliphatic carbocycles. The van der Waals surface area contributed by atoms with Crippen molar-refractivity contribution in [3.63, 3.8) is 0 Å². The maximum atomic E-state index is 12.0. The molecule has 3 aromatic rings. The predicted octanol–water partition coefficient (Wildman–Crippen LogP) is 2.90. The van der Waals surface area contributed by atoms with Crippen LogP contribution < -0.4 is 5.43 Å². The Hall–Kier alpha value is -3.13. The second kappa shape index (κ2) is 6.97. The monoisotopic (exact) mass is 340 g/mol. The quantitative estimate of drug-likeness (QED) is 0.439. The Morgan fingerprint density at radius 1 is 1.25 bits per heavy atom. The zero-order valence-corrected chi connectivity index (χ0v) is 13.2. The van der Waals surface area contributed by atoms with Crippen LogP contribution in [0, 0.1) is 10.1 Å². The molecule has 1 amide bonds. The molecule has 24 heavy (non-hydrogen) atoms. The van der Waals surface area contributed by atoms with Crippen LogP contribution in [0.5, 0.6) is 0 Å². The lowest BCUT2D eigenvalue weighted by molar-refractivity contribution is -0.385. The number of hydrogen-bond donors (Lipinski definition) is 1. The van der Waals surface area contributed by atoms with Gasteiger partial charge in [-0.25, -0.2) is 5.43 Å². The van der Waals surface area contributed by atoms with Gasteiger partial charge in [0.05, 0.1) is 33.5 Å². The zero-order valence-electron chi connectivity index (χ0n) is 12.4. The van der Waals surface area contributed by atoms with E-state index in [0.29, 0.717) is 11.3 Å². The van der Waals surface area contributed by atoms with E-state index in [0.717, 1.165) is 10.1 Å². The summed E-state index contributed by atoms with van der Waals surface area (Å²) in [5, 5.41) is 15.6. The van der Waals surface area contributed by atoms with Crippen molar-refractivity contribution in [3.05, 3.63) is 69.9 Å². The largest absolute Gasteiger partial charge is 0.278 e. The molecule has 0 bridgehead atoms. The molecule has 120 valence electrons. The molecule has 0 radical (unpaired) electrons. The molecule has 0 unspecified atom stereocenters. The number of carbonyl (C=O) groups excluding carboxylic acids is 1. The molecule has 0 fully saturated rings. The Labute approximate surface area is 140 Å². The molecule has 0 aliphatic rings. The van der Waals surface area contributed by atoms with Crippen LogP contribution in [0.25, 0.3) is 10.1 Å². The van der Waals surface area contributed by atoms with E-state index in [-0.39, 0.29) is 18.0 Å². The summed E-state index contributed by atoms with van der Waals surface area (Å²) in [4.78, 5) is 22.4. The van der Waals surface area contributed by atoms with Crippen LogP contribution in [-0.2, 0) is 11.2 Å². The van der Waals surface area contributed by atoms with Crippen molar-refractivity contribution in [2.24, 2.45) is 5.10 Å². The van der Waals surface area contributed by atoms with Crippen molar-refractivity contribution in [2.75, 3.05) is 0 Å². The number of hydrazone groups is 1. The molecular formula is C16H12N4O3S. The lowest BCUT2D eigenvalue weighted by Gasteiger charge is -1.99. The molecule has 0 atom stereocenters. The number of nitrogens with zero attached hydrogens (tertiary/aromatic N) is 3. The Balaban J connectivity index is 1.67. The molecule has 2 aromatic carbocycles. The van der Waals surface area contributed by atoms with Gasteiger partial charge in [0.2, 0.25) is 5.91 Å². The van der Waals surface area contributed by atoms with Gasteiger partial charge < -0.3 is 0 Å². The summed E-state index contributed by atoms with van der Waals surface area (Å²) < 4.78 is 5.30. The summed E-state index contributed by atoms with van der Waals surface area (Å²) in [6.07, 6.45) is 1.35. The maximum absolute atomic E-state index is 12.0. The highest BCUT2D eigenvalue weighted by molar-refractivity contribution is 7.13. The van der Waals surface area contributed by atoms with Crippen LogP contribution in [0.2, 0.25) is 0 Å². The van der Waals surface area contributed by atoms with Crippen LogP contribution in [0.15, 0.2) is 53.6 Å². The highest BCUT2D eigenvalue weighted by atomic mass is 32.1. The number of fused-ring (bicyclic) bond motifs is 1. The van der Waals surface area contributed by atoms with Crippen molar-refractivity contribution >= 4 is 39.4 Å². The highest BCUT2D eigenvalue weighted by Crippen LogP contribution is 2.22. The number of amides is 1. The summed E-state index contributed by atoms with van der Waals surface area (Å²) in [5.74, 6) is -0.333. The lowest BCUT2D eigenvalue weighted by Crippen LogP contribution is -2.20. The number of aromatic nitrogens is 1. The van der Waals surface area contributed by atoms with E-state index in [2.05, 4.69) is 14.9 Å². The fourth-order valence-electron chi connectivity index (χ4n) is 2.19. The number of benzene rings is 2. The van der Waals surface area contributed by atoms with E-state index in [1.807, 2.05) is 24.3 Å². The molecule has 7 nitrogen and oxygen atoms in total. The van der Waals surface area contributed by atoms with E-state index in [1.54, 1.807) is 18.2 Å². The Morgan fingerprint density at radius 3 is 2.83 bits per heavy atom. The average Bonchev–Trinajstić information content (AvgIpc) is 2.98. The Bertz CT molecular complexity index is 936. The maximum Gasteiger partial charge on any atom is 0.278 e. The van der Waals surface area contributed by atoms with E-state index < -0.39 is 4.92 Å². The second-order valence-electron chi connectivity index (χ2n) is 4.91. The minimum absolute atomic E-state index is 0.0685. The smallest absolute Gasteiger partial charge is 0.273 e. The number of carbonyl (C=O) groups is 1. The molecule has 0 spiro atoms. The van der Waals surface area contributed by atoms with Crippen LogP contribution in [0.3, 0.4) is 0 Å². The van der Waals surface area contributed by atoms with Gasteiger partial charge in [0.25, 0.3) is 5.69 Å². The molecule has 3 rings (SSSR count). The van der Waals surface area contributed by atoms with Gasteiger partial charge in [0.1, 0.15) is 0 Å². The second-order valence-corrected chi connectivity index (χ2v) is 5.72. The number of nitrogens with one attached hydrogen (secondary N) is 1.